The van der Waals surface area contributed by atoms with Crippen LogP contribution in [0.4, 0.5) is 0 Å². The molecule has 274 valence electrons. The van der Waals surface area contributed by atoms with Gasteiger partial charge in [-0.2, -0.15) is 0 Å². The van der Waals surface area contributed by atoms with Crippen molar-refractivity contribution in [2.75, 3.05) is 33.2 Å². The van der Waals surface area contributed by atoms with E-state index in [4.69, 9.17) is 0 Å². The zero-order chi connectivity index (χ0) is 33.6. The molecule has 0 atom stereocenters. The van der Waals surface area contributed by atoms with E-state index in [2.05, 4.69) is 36.4 Å². The van der Waals surface area contributed by atoms with Crippen molar-refractivity contribution in [1.29, 1.82) is 0 Å². The molecule has 0 heterocycles. The number of rotatable bonds is 38. The third kappa shape index (κ3) is 37.4. The number of amides is 2. The van der Waals surface area contributed by atoms with E-state index in [0.717, 1.165) is 25.9 Å². The first-order valence-electron chi connectivity index (χ1n) is 20.8. The van der Waals surface area contributed by atoms with Crippen molar-refractivity contribution in [2.24, 2.45) is 0 Å². The molecule has 0 aromatic rings. The van der Waals surface area contributed by atoms with Crippen LogP contribution in [0.15, 0.2) is 0 Å². The second-order valence-corrected chi connectivity index (χ2v) is 14.4. The molecule has 5 heteroatoms. The van der Waals surface area contributed by atoms with Crippen molar-refractivity contribution in [2.45, 2.75) is 219 Å². The van der Waals surface area contributed by atoms with Crippen LogP contribution in [0.5, 0.6) is 0 Å². The fourth-order valence-electron chi connectivity index (χ4n) is 6.37. The Morgan fingerprint density at radius 2 is 0.587 bits per heavy atom. The molecule has 0 radical (unpaired) electrons. The van der Waals surface area contributed by atoms with E-state index in [9.17, 15) is 9.59 Å². The lowest BCUT2D eigenvalue weighted by Gasteiger charge is -2.17. The van der Waals surface area contributed by atoms with Gasteiger partial charge in [-0.15, -0.1) is 0 Å². The molecule has 46 heavy (non-hydrogen) atoms. The summed E-state index contributed by atoms with van der Waals surface area (Å²) >= 11 is 0. The molecule has 0 rings (SSSR count). The van der Waals surface area contributed by atoms with Crippen molar-refractivity contribution < 1.29 is 9.59 Å². The van der Waals surface area contributed by atoms with E-state index in [1.165, 1.54) is 180 Å². The Bertz CT molecular complexity index is 575. The molecule has 0 aromatic carbocycles. The van der Waals surface area contributed by atoms with E-state index in [1.807, 2.05) is 0 Å². The second-order valence-electron chi connectivity index (χ2n) is 14.4. The smallest absolute Gasteiger partial charge is 0.220 e. The Morgan fingerprint density at radius 1 is 0.370 bits per heavy atom. The summed E-state index contributed by atoms with van der Waals surface area (Å²) in [5.41, 5.74) is 0. The average Bonchev–Trinajstić information content (AvgIpc) is 3.04. The zero-order valence-electron chi connectivity index (χ0n) is 31.7. The number of nitrogens with zero attached hydrogens (tertiary/aromatic N) is 1. The monoisotopic (exact) mass is 650 g/mol. The molecule has 0 spiro atoms. The first-order valence-corrected chi connectivity index (χ1v) is 20.8. The van der Waals surface area contributed by atoms with Crippen LogP contribution in [0.2, 0.25) is 0 Å². The maximum absolute atomic E-state index is 12.2. The van der Waals surface area contributed by atoms with Gasteiger partial charge in [-0.05, 0) is 19.9 Å². The summed E-state index contributed by atoms with van der Waals surface area (Å²) < 4.78 is 0. The van der Waals surface area contributed by atoms with Crippen LogP contribution in [0.1, 0.15) is 219 Å². The highest BCUT2D eigenvalue weighted by molar-refractivity contribution is 5.76. The predicted molar refractivity (Wildman–Crippen MR) is 203 cm³/mol. The minimum atomic E-state index is 0.180. The SMILES string of the molecule is CCCCCCCCCCCCCCCCCC(=O)NCCN(C)CCNC(=O)CCCCCCCCCCCCCCCCC. The predicted octanol–water partition coefficient (Wildman–Crippen LogP) is 11.7. The first-order chi connectivity index (χ1) is 22.6. The van der Waals surface area contributed by atoms with Crippen LogP contribution in [-0.2, 0) is 9.59 Å². The molecule has 0 aromatic heterocycles. The van der Waals surface area contributed by atoms with E-state index < -0.39 is 0 Å². The van der Waals surface area contributed by atoms with Gasteiger partial charge < -0.3 is 15.5 Å². The summed E-state index contributed by atoms with van der Waals surface area (Å²) in [4.78, 5) is 26.5. The third-order valence-electron chi connectivity index (χ3n) is 9.65. The van der Waals surface area contributed by atoms with Crippen molar-refractivity contribution in [3.63, 3.8) is 0 Å². The Morgan fingerprint density at radius 3 is 0.826 bits per heavy atom. The summed E-state index contributed by atoms with van der Waals surface area (Å²) in [5, 5.41) is 6.13. The molecule has 0 aliphatic rings. The lowest BCUT2D eigenvalue weighted by molar-refractivity contribution is -0.121. The number of hydrogen-bond donors (Lipinski definition) is 2. The van der Waals surface area contributed by atoms with Gasteiger partial charge in [0.15, 0.2) is 0 Å². The molecule has 2 amide bonds. The highest BCUT2D eigenvalue weighted by Gasteiger charge is 2.05. The van der Waals surface area contributed by atoms with Crippen LogP contribution in [0, 0.1) is 0 Å². The van der Waals surface area contributed by atoms with Crippen LogP contribution in [0.3, 0.4) is 0 Å². The van der Waals surface area contributed by atoms with Gasteiger partial charge in [0.2, 0.25) is 11.8 Å². The molecule has 0 unspecified atom stereocenters. The number of hydrogen-bond acceptors (Lipinski definition) is 3. The van der Waals surface area contributed by atoms with E-state index >= 15 is 0 Å². The van der Waals surface area contributed by atoms with E-state index in [0.29, 0.717) is 25.9 Å². The molecule has 2 N–H and O–H groups in total. The van der Waals surface area contributed by atoms with Crippen molar-refractivity contribution in [1.82, 2.24) is 15.5 Å². The van der Waals surface area contributed by atoms with Crippen molar-refractivity contribution in [3.05, 3.63) is 0 Å². The molecule has 5 nitrogen and oxygen atoms in total. The van der Waals surface area contributed by atoms with Gasteiger partial charge >= 0.3 is 0 Å². The normalized spacial score (nSPS) is 11.4. The van der Waals surface area contributed by atoms with Gasteiger partial charge in [-0.1, -0.05) is 194 Å². The molecule has 0 fully saturated rings. The Balaban J connectivity index is 3.36. The topological polar surface area (TPSA) is 61.4 Å². The molecule has 0 saturated heterocycles. The Kier molecular flexibility index (Phi) is 37.4. The fraction of sp³-hybridized carbons (Fsp3) is 0.951. The van der Waals surface area contributed by atoms with Gasteiger partial charge in [0.1, 0.15) is 0 Å². The summed E-state index contributed by atoms with van der Waals surface area (Å²) in [6.45, 7) is 7.57. The Hall–Kier alpha value is -1.10. The quantitative estimate of drug-likeness (QED) is 0.0654. The molecule has 0 saturated carbocycles. The largest absolute Gasteiger partial charge is 0.355 e. The second kappa shape index (κ2) is 38.3. The molecule has 0 aliphatic carbocycles. The summed E-state index contributed by atoms with van der Waals surface area (Å²) in [7, 11) is 2.06. The first kappa shape index (κ1) is 44.9. The standard InChI is InChI=1S/C41H83N3O2/c1-4-6-8-10-12-14-16-18-20-22-24-26-28-30-32-34-40(45)42-36-38-44(3)39-37-43-41(46)35-33-31-29-27-25-23-21-19-17-15-13-11-9-7-5-2/h4-39H2,1-3H3,(H,42,45)(H,43,46). The minimum Gasteiger partial charge on any atom is -0.355 e. The Labute approximate surface area is 289 Å². The highest BCUT2D eigenvalue weighted by Crippen LogP contribution is 2.15. The summed E-state index contributed by atoms with van der Waals surface area (Å²) in [6.07, 6.45) is 41.7. The average molecular weight is 650 g/mol. The van der Waals surface area contributed by atoms with Gasteiger partial charge in [0.25, 0.3) is 0 Å². The third-order valence-corrected chi connectivity index (χ3v) is 9.65. The summed E-state index contributed by atoms with van der Waals surface area (Å²) in [5.74, 6) is 0.361. The zero-order valence-corrected chi connectivity index (χ0v) is 31.7. The van der Waals surface area contributed by atoms with Crippen molar-refractivity contribution in [3.8, 4) is 0 Å². The van der Waals surface area contributed by atoms with Crippen LogP contribution in [0.25, 0.3) is 0 Å². The molecular weight excluding hydrogens is 566 g/mol. The number of carbonyl (C=O) groups is 2. The molecule has 0 bridgehead atoms. The minimum absolute atomic E-state index is 0.180. The van der Waals surface area contributed by atoms with Gasteiger partial charge in [0, 0.05) is 39.0 Å². The molecular formula is C41H83N3O2. The lowest BCUT2D eigenvalue weighted by Crippen LogP contribution is -2.37. The van der Waals surface area contributed by atoms with Crippen molar-refractivity contribution >= 4 is 11.8 Å². The van der Waals surface area contributed by atoms with Gasteiger partial charge in [0.05, 0.1) is 0 Å². The van der Waals surface area contributed by atoms with E-state index in [-0.39, 0.29) is 11.8 Å². The van der Waals surface area contributed by atoms with Crippen LogP contribution in [-0.4, -0.2) is 49.9 Å². The van der Waals surface area contributed by atoms with Crippen LogP contribution < -0.4 is 10.6 Å². The van der Waals surface area contributed by atoms with Gasteiger partial charge in [-0.25, -0.2) is 0 Å². The maximum atomic E-state index is 12.2. The summed E-state index contributed by atoms with van der Waals surface area (Å²) in [6, 6.07) is 0. The number of unbranched alkanes of at least 4 members (excludes halogenated alkanes) is 28. The maximum Gasteiger partial charge on any atom is 0.220 e. The fourth-order valence-corrected chi connectivity index (χ4v) is 6.37. The molecule has 0 aliphatic heterocycles. The van der Waals surface area contributed by atoms with Crippen LogP contribution >= 0.6 is 0 Å². The van der Waals surface area contributed by atoms with Gasteiger partial charge in [-0.3, -0.25) is 9.59 Å². The number of nitrogens with one attached hydrogen (secondary N) is 2. The number of carbonyl (C=O) groups excluding carboxylic acids is 2. The lowest BCUT2D eigenvalue weighted by atomic mass is 10.0. The number of likely N-dealkylation sites (N-methyl/N-ethyl adjacent to an activating group) is 1. The highest BCUT2D eigenvalue weighted by atomic mass is 16.2. The van der Waals surface area contributed by atoms with E-state index in [1.54, 1.807) is 0 Å².